The zero-order valence-corrected chi connectivity index (χ0v) is 17.5. The average Bonchev–Trinajstić information content (AvgIpc) is 2.72. The van der Waals surface area contributed by atoms with Gasteiger partial charge in [-0.15, -0.1) is 0 Å². The highest BCUT2D eigenvalue weighted by Crippen LogP contribution is 2.36. The van der Waals surface area contributed by atoms with Crippen molar-refractivity contribution >= 4 is 27.5 Å². The van der Waals surface area contributed by atoms with Crippen LogP contribution in [0.1, 0.15) is 5.56 Å². The lowest BCUT2D eigenvalue weighted by Gasteiger charge is -2.34. The summed E-state index contributed by atoms with van der Waals surface area (Å²) in [5.74, 6) is -0.537. The Labute approximate surface area is 181 Å². The molecule has 2 aromatic rings. The molecule has 168 valence electrons. The van der Waals surface area contributed by atoms with Gasteiger partial charge in [0, 0.05) is 26.2 Å². The molecule has 1 saturated heterocycles. The van der Waals surface area contributed by atoms with Crippen LogP contribution in [0.25, 0.3) is 0 Å². The van der Waals surface area contributed by atoms with Gasteiger partial charge in [-0.2, -0.15) is 17.5 Å². The van der Waals surface area contributed by atoms with Crippen LogP contribution in [0, 0.1) is 5.82 Å². The third kappa shape index (κ3) is 5.46. The number of hydrogen-bond acceptors (Lipinski definition) is 4. The van der Waals surface area contributed by atoms with Gasteiger partial charge in [0.2, 0.25) is 10.0 Å². The lowest BCUT2D eigenvalue weighted by Crippen LogP contribution is -2.51. The third-order valence-corrected chi connectivity index (χ3v) is 6.87. The Morgan fingerprint density at radius 2 is 1.65 bits per heavy atom. The molecule has 3 rings (SSSR count). The third-order valence-electron chi connectivity index (χ3n) is 4.65. The second-order valence-electron chi connectivity index (χ2n) is 6.67. The fourth-order valence-corrected chi connectivity index (χ4v) is 4.65. The van der Waals surface area contributed by atoms with Gasteiger partial charge < -0.3 is 9.64 Å². The first kappa shape index (κ1) is 23.3. The van der Waals surface area contributed by atoms with Gasteiger partial charge in [0.05, 0.1) is 15.5 Å². The zero-order valence-electron chi connectivity index (χ0n) is 15.9. The van der Waals surface area contributed by atoms with Crippen molar-refractivity contribution in [2.75, 3.05) is 32.8 Å². The maximum absolute atomic E-state index is 13.0. The normalized spacial score (nSPS) is 15.7. The molecule has 0 bridgehead atoms. The largest absolute Gasteiger partial charge is 0.484 e. The first-order valence-electron chi connectivity index (χ1n) is 9.01. The molecule has 0 saturated carbocycles. The Bertz CT molecular complexity index is 1050. The molecule has 0 aliphatic carbocycles. The van der Waals surface area contributed by atoms with Crippen LogP contribution in [0.4, 0.5) is 17.6 Å². The van der Waals surface area contributed by atoms with Crippen LogP contribution in [-0.2, 0) is 21.0 Å². The Kier molecular flexibility index (Phi) is 6.77. The van der Waals surface area contributed by atoms with E-state index in [0.717, 1.165) is 16.4 Å². The molecule has 1 aliphatic heterocycles. The van der Waals surface area contributed by atoms with E-state index in [0.29, 0.717) is 11.8 Å². The van der Waals surface area contributed by atoms with Crippen LogP contribution in [-0.4, -0.2) is 56.3 Å². The summed E-state index contributed by atoms with van der Waals surface area (Å²) in [7, 11) is -4.20. The molecule has 0 unspecified atom stereocenters. The fraction of sp³-hybridized carbons (Fsp3) is 0.316. The highest BCUT2D eigenvalue weighted by Gasteiger charge is 2.36. The summed E-state index contributed by atoms with van der Waals surface area (Å²) in [6, 6.07) is 7.52. The molecule has 31 heavy (non-hydrogen) atoms. The summed E-state index contributed by atoms with van der Waals surface area (Å²) < 4.78 is 83.8. The van der Waals surface area contributed by atoms with Crippen molar-refractivity contribution in [2.24, 2.45) is 0 Å². The predicted octanol–water partition coefficient (Wildman–Crippen LogP) is 3.41. The molecule has 0 atom stereocenters. The van der Waals surface area contributed by atoms with Crippen molar-refractivity contribution in [2.45, 2.75) is 11.1 Å². The topological polar surface area (TPSA) is 66.9 Å². The van der Waals surface area contributed by atoms with Gasteiger partial charge in [-0.3, -0.25) is 4.79 Å². The molecule has 0 radical (unpaired) electrons. The maximum atomic E-state index is 13.0. The lowest BCUT2D eigenvalue weighted by atomic mass is 10.2. The van der Waals surface area contributed by atoms with Crippen LogP contribution in [0.5, 0.6) is 5.75 Å². The van der Waals surface area contributed by atoms with E-state index in [9.17, 15) is 30.8 Å². The van der Waals surface area contributed by atoms with Crippen LogP contribution >= 0.6 is 11.6 Å². The van der Waals surface area contributed by atoms with Gasteiger partial charge in [0.1, 0.15) is 11.6 Å². The molecule has 1 amide bonds. The number of benzene rings is 2. The lowest BCUT2D eigenvalue weighted by molar-refractivity contribution is -0.137. The molecule has 6 nitrogen and oxygen atoms in total. The van der Waals surface area contributed by atoms with Crippen molar-refractivity contribution in [3.8, 4) is 5.75 Å². The summed E-state index contributed by atoms with van der Waals surface area (Å²) in [5, 5.41) is -0.594. The van der Waals surface area contributed by atoms with Crippen molar-refractivity contribution in [1.82, 2.24) is 9.21 Å². The minimum atomic E-state index is -4.79. The number of rotatable bonds is 5. The standard InChI is InChI=1S/C19H17ClF4N2O4S/c20-17-6-5-15(11-16(17)19(22,23)24)31(28,29)26-9-7-25(8-10-26)18(27)12-30-14-3-1-13(21)2-4-14/h1-6,11H,7-10,12H2. The van der Waals surface area contributed by atoms with Gasteiger partial charge in [-0.1, -0.05) is 11.6 Å². The second-order valence-corrected chi connectivity index (χ2v) is 9.01. The first-order valence-corrected chi connectivity index (χ1v) is 10.8. The number of carbonyl (C=O) groups excluding carboxylic acids is 1. The molecular formula is C19H17ClF4N2O4S. The quantitative estimate of drug-likeness (QED) is 0.615. The molecule has 0 N–H and O–H groups in total. The van der Waals surface area contributed by atoms with E-state index in [1.165, 1.54) is 29.2 Å². The van der Waals surface area contributed by atoms with Gasteiger partial charge in [-0.25, -0.2) is 12.8 Å². The van der Waals surface area contributed by atoms with Gasteiger partial charge in [0.15, 0.2) is 6.61 Å². The van der Waals surface area contributed by atoms with E-state index >= 15 is 0 Å². The Hall–Kier alpha value is -2.37. The summed E-state index contributed by atoms with van der Waals surface area (Å²) in [5.41, 5.74) is -1.23. The number of piperazine rings is 1. The van der Waals surface area contributed by atoms with Crippen molar-refractivity contribution in [1.29, 1.82) is 0 Å². The van der Waals surface area contributed by atoms with Crippen molar-refractivity contribution in [3.63, 3.8) is 0 Å². The maximum Gasteiger partial charge on any atom is 0.417 e. The van der Waals surface area contributed by atoms with Crippen LogP contribution in [0.2, 0.25) is 5.02 Å². The van der Waals surface area contributed by atoms with Crippen molar-refractivity contribution < 1.29 is 35.5 Å². The van der Waals surface area contributed by atoms with Crippen LogP contribution in [0.3, 0.4) is 0 Å². The number of alkyl halides is 3. The zero-order chi connectivity index (χ0) is 22.8. The molecule has 1 fully saturated rings. The Morgan fingerprint density at radius 3 is 2.23 bits per heavy atom. The molecule has 1 heterocycles. The smallest absolute Gasteiger partial charge is 0.417 e. The van der Waals surface area contributed by atoms with E-state index in [2.05, 4.69) is 0 Å². The molecule has 2 aromatic carbocycles. The monoisotopic (exact) mass is 480 g/mol. The predicted molar refractivity (Wildman–Crippen MR) is 104 cm³/mol. The minimum absolute atomic E-state index is 0.0462. The number of nitrogens with zero attached hydrogens (tertiary/aromatic N) is 2. The Balaban J connectivity index is 1.62. The van der Waals surface area contributed by atoms with E-state index in [1.54, 1.807) is 0 Å². The summed E-state index contributed by atoms with van der Waals surface area (Å²) in [6.45, 7) is -0.400. The second kappa shape index (κ2) is 9.01. The number of hydrogen-bond donors (Lipinski definition) is 0. The summed E-state index contributed by atoms with van der Waals surface area (Å²) in [4.78, 5) is 13.1. The number of halogens is 5. The van der Waals surface area contributed by atoms with Crippen LogP contribution in [0.15, 0.2) is 47.4 Å². The molecule has 0 aromatic heterocycles. The fourth-order valence-electron chi connectivity index (χ4n) is 2.98. The summed E-state index contributed by atoms with van der Waals surface area (Å²) >= 11 is 5.55. The molecule has 0 spiro atoms. The number of sulfonamides is 1. The number of carbonyl (C=O) groups is 1. The SMILES string of the molecule is O=C(COc1ccc(F)cc1)N1CCN(S(=O)(=O)c2ccc(Cl)c(C(F)(F)F)c2)CC1. The number of amides is 1. The minimum Gasteiger partial charge on any atom is -0.484 e. The van der Waals surface area contributed by atoms with Gasteiger partial charge in [0.25, 0.3) is 5.91 Å². The van der Waals surface area contributed by atoms with E-state index < -0.39 is 43.4 Å². The molecule has 1 aliphatic rings. The van der Waals surface area contributed by atoms with Gasteiger partial charge in [-0.05, 0) is 42.5 Å². The number of ether oxygens (including phenoxy) is 1. The average molecular weight is 481 g/mol. The highest BCUT2D eigenvalue weighted by atomic mass is 35.5. The van der Waals surface area contributed by atoms with Crippen molar-refractivity contribution in [3.05, 3.63) is 58.9 Å². The van der Waals surface area contributed by atoms with E-state index in [4.69, 9.17) is 16.3 Å². The molecular weight excluding hydrogens is 464 g/mol. The Morgan fingerprint density at radius 1 is 1.03 bits per heavy atom. The van der Waals surface area contributed by atoms with Crippen LogP contribution < -0.4 is 4.74 Å². The van der Waals surface area contributed by atoms with Gasteiger partial charge >= 0.3 is 6.18 Å². The van der Waals surface area contributed by atoms with E-state index in [-0.39, 0.29) is 32.8 Å². The highest BCUT2D eigenvalue weighted by molar-refractivity contribution is 7.89. The molecule has 12 heteroatoms. The first-order chi connectivity index (χ1) is 14.5. The van der Waals surface area contributed by atoms with E-state index in [1.807, 2.05) is 0 Å². The summed E-state index contributed by atoms with van der Waals surface area (Å²) in [6.07, 6.45) is -4.79.